The van der Waals surface area contributed by atoms with E-state index < -0.39 is 0 Å². The molecule has 2 heterocycles. The van der Waals surface area contributed by atoms with Crippen molar-refractivity contribution in [1.29, 1.82) is 0 Å². The number of ketones is 1. The zero-order valence-electron chi connectivity index (χ0n) is 14.3. The summed E-state index contributed by atoms with van der Waals surface area (Å²) in [5, 5.41) is 0. The molecule has 0 spiro atoms. The van der Waals surface area contributed by atoms with Gasteiger partial charge in [-0.3, -0.25) is 9.69 Å². The second kappa shape index (κ2) is 8.70. The lowest BCUT2D eigenvalue weighted by atomic mass is 9.96. The van der Waals surface area contributed by atoms with Crippen LogP contribution in [0.2, 0.25) is 0 Å². The Bertz CT molecular complexity index is 529. The van der Waals surface area contributed by atoms with Crippen molar-refractivity contribution in [3.8, 4) is 0 Å². The molecule has 1 aromatic rings. The van der Waals surface area contributed by atoms with Crippen LogP contribution in [0.1, 0.15) is 29.6 Å². The lowest BCUT2D eigenvalue weighted by Crippen LogP contribution is -2.44. The van der Waals surface area contributed by atoms with Gasteiger partial charge in [0.1, 0.15) is 5.82 Å². The second-order valence-corrected chi connectivity index (χ2v) is 6.90. The van der Waals surface area contributed by atoms with E-state index in [0.717, 1.165) is 52.5 Å². The molecule has 5 heteroatoms. The highest BCUT2D eigenvalue weighted by Crippen LogP contribution is 2.19. The number of carbonyl (C=O) groups excluding carboxylic acids is 1. The maximum absolute atomic E-state index is 12.9. The van der Waals surface area contributed by atoms with Gasteiger partial charge in [0.25, 0.3) is 0 Å². The van der Waals surface area contributed by atoms with Crippen molar-refractivity contribution in [1.82, 2.24) is 9.80 Å². The molecule has 2 fully saturated rings. The van der Waals surface area contributed by atoms with Crippen LogP contribution in [0.4, 0.5) is 4.39 Å². The molecule has 0 N–H and O–H groups in total. The van der Waals surface area contributed by atoms with E-state index in [-0.39, 0.29) is 11.6 Å². The quantitative estimate of drug-likeness (QED) is 0.748. The Hall–Kier alpha value is -1.30. The van der Waals surface area contributed by atoms with Gasteiger partial charge in [0, 0.05) is 44.7 Å². The molecule has 0 aromatic heterocycles. The molecular formula is C19H27FN2O2. The van der Waals surface area contributed by atoms with Gasteiger partial charge in [0.2, 0.25) is 0 Å². The number of hydrogen-bond donors (Lipinski definition) is 0. The number of hydrogen-bond acceptors (Lipinski definition) is 4. The third-order valence-corrected chi connectivity index (χ3v) is 5.04. The highest BCUT2D eigenvalue weighted by atomic mass is 19.1. The smallest absolute Gasteiger partial charge is 0.164 e. The molecule has 2 aliphatic heterocycles. The largest absolute Gasteiger partial charge is 0.379 e. The Kier molecular flexibility index (Phi) is 6.35. The predicted octanol–water partition coefficient (Wildman–Crippen LogP) is 2.44. The summed E-state index contributed by atoms with van der Waals surface area (Å²) in [5.41, 5.74) is 0.610. The molecule has 0 unspecified atom stereocenters. The van der Waals surface area contributed by atoms with Crippen molar-refractivity contribution < 1.29 is 13.9 Å². The number of benzene rings is 1. The van der Waals surface area contributed by atoms with Crippen molar-refractivity contribution in [2.75, 3.05) is 52.5 Å². The standard InChI is InChI=1S/C19H27FN2O2/c20-18-5-3-17(4-6-18)19(23)7-9-21-8-1-2-16(14-21)15-22-10-12-24-13-11-22/h3-6,16H,1-2,7-15H2/t16-/m1/s1. The molecule has 0 radical (unpaired) electrons. The molecule has 0 saturated carbocycles. The van der Waals surface area contributed by atoms with E-state index >= 15 is 0 Å². The minimum absolute atomic E-state index is 0.102. The molecule has 0 bridgehead atoms. The average molecular weight is 334 g/mol. The number of piperidine rings is 1. The van der Waals surface area contributed by atoms with E-state index in [9.17, 15) is 9.18 Å². The Labute approximate surface area is 143 Å². The molecular weight excluding hydrogens is 307 g/mol. The average Bonchev–Trinajstić information content (AvgIpc) is 2.61. The summed E-state index contributed by atoms with van der Waals surface area (Å²) in [6.07, 6.45) is 3.00. The minimum atomic E-state index is -0.298. The normalized spacial score (nSPS) is 23.3. The monoisotopic (exact) mass is 334 g/mol. The van der Waals surface area contributed by atoms with Gasteiger partial charge in [-0.05, 0) is 49.6 Å². The van der Waals surface area contributed by atoms with Gasteiger partial charge < -0.3 is 9.64 Å². The fraction of sp³-hybridized carbons (Fsp3) is 0.632. The van der Waals surface area contributed by atoms with Gasteiger partial charge in [-0.25, -0.2) is 4.39 Å². The van der Waals surface area contributed by atoms with Gasteiger partial charge in [-0.15, -0.1) is 0 Å². The first kappa shape index (κ1) is 17.5. The summed E-state index contributed by atoms with van der Waals surface area (Å²) >= 11 is 0. The first-order chi connectivity index (χ1) is 11.7. The van der Waals surface area contributed by atoms with Crippen LogP contribution in [0.5, 0.6) is 0 Å². The molecule has 3 rings (SSSR count). The van der Waals surface area contributed by atoms with Crippen LogP contribution in [0.3, 0.4) is 0 Å². The Morgan fingerprint density at radius 3 is 2.62 bits per heavy atom. The summed E-state index contributed by atoms with van der Waals surface area (Å²) < 4.78 is 18.3. The third kappa shape index (κ3) is 5.10. The third-order valence-electron chi connectivity index (χ3n) is 5.04. The Balaban J connectivity index is 1.43. The van der Waals surface area contributed by atoms with Crippen molar-refractivity contribution >= 4 is 5.78 Å². The Morgan fingerprint density at radius 1 is 1.12 bits per heavy atom. The summed E-state index contributed by atoms with van der Waals surface area (Å²) in [4.78, 5) is 17.1. The first-order valence-corrected chi connectivity index (χ1v) is 9.02. The zero-order valence-corrected chi connectivity index (χ0v) is 14.3. The van der Waals surface area contributed by atoms with E-state index in [1.165, 1.54) is 25.0 Å². The second-order valence-electron chi connectivity index (χ2n) is 6.90. The molecule has 0 amide bonds. The van der Waals surface area contributed by atoms with E-state index in [4.69, 9.17) is 4.74 Å². The van der Waals surface area contributed by atoms with Crippen molar-refractivity contribution in [3.63, 3.8) is 0 Å². The Morgan fingerprint density at radius 2 is 1.88 bits per heavy atom. The molecule has 4 nitrogen and oxygen atoms in total. The van der Waals surface area contributed by atoms with Gasteiger partial charge in [0.05, 0.1) is 13.2 Å². The van der Waals surface area contributed by atoms with Gasteiger partial charge in [-0.1, -0.05) is 0 Å². The predicted molar refractivity (Wildman–Crippen MR) is 91.8 cm³/mol. The molecule has 1 aromatic carbocycles. The first-order valence-electron chi connectivity index (χ1n) is 9.02. The molecule has 0 aliphatic carbocycles. The van der Waals surface area contributed by atoms with Crippen LogP contribution in [-0.4, -0.2) is 68.1 Å². The van der Waals surface area contributed by atoms with Crippen molar-refractivity contribution in [2.45, 2.75) is 19.3 Å². The topological polar surface area (TPSA) is 32.8 Å². The fourth-order valence-electron chi connectivity index (χ4n) is 3.69. The molecule has 2 saturated heterocycles. The lowest BCUT2D eigenvalue weighted by molar-refractivity contribution is 0.0228. The SMILES string of the molecule is O=C(CCN1CCC[C@@H](CN2CCOCC2)C1)c1ccc(F)cc1. The number of rotatable bonds is 6. The molecule has 1 atom stereocenters. The van der Waals surface area contributed by atoms with Crippen molar-refractivity contribution in [2.24, 2.45) is 5.92 Å². The fourth-order valence-corrected chi connectivity index (χ4v) is 3.69. The lowest BCUT2D eigenvalue weighted by Gasteiger charge is -2.36. The van der Waals surface area contributed by atoms with Crippen LogP contribution in [0.15, 0.2) is 24.3 Å². The van der Waals surface area contributed by atoms with Crippen LogP contribution >= 0.6 is 0 Å². The molecule has 2 aliphatic rings. The number of halogens is 1. The summed E-state index contributed by atoms with van der Waals surface area (Å²) in [7, 11) is 0. The van der Waals surface area contributed by atoms with Gasteiger partial charge in [-0.2, -0.15) is 0 Å². The summed E-state index contributed by atoms with van der Waals surface area (Å²) in [6, 6.07) is 5.86. The van der Waals surface area contributed by atoms with Crippen LogP contribution in [-0.2, 0) is 4.74 Å². The number of nitrogens with zero attached hydrogens (tertiary/aromatic N) is 2. The van der Waals surface area contributed by atoms with E-state index in [1.807, 2.05) is 0 Å². The number of likely N-dealkylation sites (tertiary alicyclic amines) is 1. The number of morpholine rings is 1. The zero-order chi connectivity index (χ0) is 16.8. The van der Waals surface area contributed by atoms with Crippen LogP contribution < -0.4 is 0 Å². The van der Waals surface area contributed by atoms with Crippen LogP contribution in [0.25, 0.3) is 0 Å². The summed E-state index contributed by atoms with van der Waals surface area (Å²) in [5.74, 6) is 0.497. The summed E-state index contributed by atoms with van der Waals surface area (Å²) in [6.45, 7) is 7.89. The van der Waals surface area contributed by atoms with Crippen molar-refractivity contribution in [3.05, 3.63) is 35.6 Å². The highest BCUT2D eigenvalue weighted by molar-refractivity contribution is 5.96. The van der Waals surface area contributed by atoms with Gasteiger partial charge in [0.15, 0.2) is 5.78 Å². The number of ether oxygens (including phenoxy) is 1. The number of carbonyl (C=O) groups is 1. The van der Waals surface area contributed by atoms with E-state index in [0.29, 0.717) is 17.9 Å². The maximum atomic E-state index is 12.9. The minimum Gasteiger partial charge on any atom is -0.379 e. The van der Waals surface area contributed by atoms with E-state index in [1.54, 1.807) is 12.1 Å². The van der Waals surface area contributed by atoms with Gasteiger partial charge >= 0.3 is 0 Å². The molecule has 132 valence electrons. The highest BCUT2D eigenvalue weighted by Gasteiger charge is 2.23. The van der Waals surface area contributed by atoms with E-state index in [2.05, 4.69) is 9.80 Å². The number of Topliss-reactive ketones (excluding diaryl/α,β-unsaturated/α-hetero) is 1. The molecule has 24 heavy (non-hydrogen) atoms. The maximum Gasteiger partial charge on any atom is 0.164 e. The van der Waals surface area contributed by atoms with Crippen LogP contribution in [0, 0.1) is 11.7 Å².